The van der Waals surface area contributed by atoms with Crippen LogP contribution in [0.25, 0.3) is 124 Å². The average molecular weight is 790 g/mol. The van der Waals surface area contributed by atoms with Crippen molar-refractivity contribution in [3.63, 3.8) is 0 Å². The molecule has 0 N–H and O–H groups in total. The van der Waals surface area contributed by atoms with Crippen LogP contribution in [0.15, 0.2) is 174 Å². The molecular weight excluding hydrogens is 759 g/mol. The Labute approximate surface area is 345 Å². The first kappa shape index (κ1) is 32.9. The highest BCUT2D eigenvalue weighted by atomic mass is 32.1. The lowest BCUT2D eigenvalue weighted by molar-refractivity contribution is 0.671. The van der Waals surface area contributed by atoms with Gasteiger partial charge in [-0.1, -0.05) is 127 Å². The van der Waals surface area contributed by atoms with E-state index in [1.807, 2.05) is 28.7 Å². The van der Waals surface area contributed by atoms with E-state index in [9.17, 15) is 0 Å². The molecule has 13 rings (SSSR count). The van der Waals surface area contributed by atoms with E-state index >= 15 is 0 Å². The molecule has 0 saturated heterocycles. The zero-order valence-corrected chi connectivity index (χ0v) is 33.4. The van der Waals surface area contributed by atoms with Gasteiger partial charge < -0.3 is 4.42 Å². The van der Waals surface area contributed by atoms with Crippen LogP contribution in [-0.4, -0.2) is 14.5 Å². The highest BCUT2D eigenvalue weighted by Gasteiger charge is 2.24. The number of hydrogen-bond donors (Lipinski definition) is 0. The summed E-state index contributed by atoms with van der Waals surface area (Å²) in [5.74, 6) is 1.52. The first-order valence-electron chi connectivity index (χ1n) is 19.8. The Kier molecular flexibility index (Phi) is 6.94. The fraction of sp³-hybridized carbons (Fsp3) is 0.0189. The van der Waals surface area contributed by atoms with Crippen LogP contribution < -0.4 is 0 Å². The number of hydrogen-bond acceptors (Lipinski definition) is 5. The van der Waals surface area contributed by atoms with Gasteiger partial charge >= 0.3 is 0 Å². The Bertz CT molecular complexity index is 3870. The topological polar surface area (TPSA) is 43.9 Å². The van der Waals surface area contributed by atoms with Gasteiger partial charge in [0.2, 0.25) is 0 Å². The molecular formula is C53H31N3OS2. The Morgan fingerprint density at radius 2 is 1.14 bits per heavy atom. The minimum atomic E-state index is 0.683. The van der Waals surface area contributed by atoms with E-state index in [0.717, 1.165) is 71.9 Å². The molecule has 0 unspecified atom stereocenters. The predicted molar refractivity (Wildman–Crippen MR) is 250 cm³/mol. The number of fused-ring (bicyclic) bond motifs is 13. The smallest absolute Gasteiger partial charge is 0.162 e. The third kappa shape index (κ3) is 4.82. The molecule has 13 aromatic rings. The number of nitrogens with zero attached hydrogens (tertiary/aromatic N) is 3. The molecule has 4 nitrogen and oxygen atoms in total. The summed E-state index contributed by atoms with van der Waals surface area (Å²) in [4.78, 5) is 11.1. The normalized spacial score (nSPS) is 12.2. The lowest BCUT2D eigenvalue weighted by Gasteiger charge is -2.16. The summed E-state index contributed by atoms with van der Waals surface area (Å²) in [5.41, 5.74) is 10.2. The van der Waals surface area contributed by atoms with Gasteiger partial charge in [0.05, 0.1) is 16.7 Å². The second kappa shape index (κ2) is 12.4. The zero-order valence-electron chi connectivity index (χ0n) is 31.7. The minimum absolute atomic E-state index is 0.683. The summed E-state index contributed by atoms with van der Waals surface area (Å²) in [5, 5.41) is 9.54. The molecule has 0 bridgehead atoms. The van der Waals surface area contributed by atoms with E-state index in [4.69, 9.17) is 14.4 Å². The molecule has 0 amide bonds. The van der Waals surface area contributed by atoms with Gasteiger partial charge in [0.25, 0.3) is 0 Å². The zero-order chi connectivity index (χ0) is 38.8. The molecule has 276 valence electrons. The SMILES string of the molecule is Cc1c(-c2ccc3c(c2)sc2ccccc23)nc(-c2ccc3c(c2)sc2cccc(-c4ccccc4)c23)nc1-n1c2ccccc2c2ccc3c4ccccc4oc3c21. The van der Waals surface area contributed by atoms with E-state index in [-0.39, 0.29) is 0 Å². The number of thiophene rings is 2. The van der Waals surface area contributed by atoms with Crippen LogP contribution in [0, 0.1) is 6.92 Å². The van der Waals surface area contributed by atoms with Gasteiger partial charge in [0.15, 0.2) is 11.4 Å². The van der Waals surface area contributed by atoms with Gasteiger partial charge in [-0.05, 0) is 60.5 Å². The second-order valence-corrected chi connectivity index (χ2v) is 17.5. The number of rotatable bonds is 4. The van der Waals surface area contributed by atoms with Crippen LogP contribution in [0.1, 0.15) is 5.56 Å². The van der Waals surface area contributed by atoms with Gasteiger partial charge in [-0.2, -0.15) is 0 Å². The first-order chi connectivity index (χ1) is 29.2. The van der Waals surface area contributed by atoms with Gasteiger partial charge in [0.1, 0.15) is 11.4 Å². The average Bonchev–Trinajstić information content (AvgIpc) is 4.05. The van der Waals surface area contributed by atoms with Crippen molar-refractivity contribution in [1.82, 2.24) is 14.5 Å². The van der Waals surface area contributed by atoms with Crippen LogP contribution in [0.3, 0.4) is 0 Å². The summed E-state index contributed by atoms with van der Waals surface area (Å²) in [6, 6.07) is 60.9. The lowest BCUT2D eigenvalue weighted by Crippen LogP contribution is -2.06. The van der Waals surface area contributed by atoms with Crippen molar-refractivity contribution in [2.24, 2.45) is 0 Å². The van der Waals surface area contributed by atoms with Crippen molar-refractivity contribution in [1.29, 1.82) is 0 Å². The lowest BCUT2D eigenvalue weighted by atomic mass is 9.99. The van der Waals surface area contributed by atoms with Crippen LogP contribution >= 0.6 is 22.7 Å². The standard InChI is InChI=1S/C53H31N3OS2/c1-30-49(32-22-24-38-37-16-7-10-20-44(37)58-46(38)28-32)54-52(33-23-25-41-47(29-33)59-45-21-11-17-34(48(41)45)31-12-3-2-4-13-31)55-53(30)56-42-18-8-5-14-35(42)39-26-27-40-36-15-6-9-19-43(36)57-51(40)50(39)56/h2-29H,1H3. The maximum absolute atomic E-state index is 6.76. The number of para-hydroxylation sites is 2. The summed E-state index contributed by atoms with van der Waals surface area (Å²) in [6.07, 6.45) is 0. The molecule has 0 aliphatic rings. The van der Waals surface area contributed by atoms with Gasteiger partial charge in [0, 0.05) is 78.6 Å². The third-order valence-electron chi connectivity index (χ3n) is 12.0. The van der Waals surface area contributed by atoms with E-state index < -0.39 is 0 Å². The first-order valence-corrected chi connectivity index (χ1v) is 21.4. The molecule has 5 heterocycles. The Morgan fingerprint density at radius 3 is 2.05 bits per heavy atom. The van der Waals surface area contributed by atoms with Crippen molar-refractivity contribution >= 4 is 107 Å². The molecule has 8 aromatic carbocycles. The third-order valence-corrected chi connectivity index (χ3v) is 14.3. The van der Waals surface area contributed by atoms with E-state index in [0.29, 0.717) is 5.82 Å². The largest absolute Gasteiger partial charge is 0.454 e. The van der Waals surface area contributed by atoms with E-state index in [2.05, 4.69) is 175 Å². The quantitative estimate of drug-likeness (QED) is 0.178. The van der Waals surface area contributed by atoms with Crippen LogP contribution in [0.4, 0.5) is 0 Å². The van der Waals surface area contributed by atoms with Crippen LogP contribution in [-0.2, 0) is 0 Å². The monoisotopic (exact) mass is 789 g/mol. The fourth-order valence-corrected chi connectivity index (χ4v) is 11.6. The number of furan rings is 1. The van der Waals surface area contributed by atoms with E-state index in [1.54, 1.807) is 0 Å². The number of aromatic nitrogens is 3. The molecule has 0 saturated carbocycles. The highest BCUT2D eigenvalue weighted by Crippen LogP contribution is 2.44. The molecule has 5 aromatic heterocycles. The summed E-state index contributed by atoms with van der Waals surface area (Å²) in [6.45, 7) is 2.17. The Balaban J connectivity index is 1.10. The van der Waals surface area contributed by atoms with Crippen molar-refractivity contribution < 1.29 is 4.42 Å². The molecule has 6 heteroatoms. The summed E-state index contributed by atoms with van der Waals surface area (Å²) < 4.78 is 14.1. The van der Waals surface area contributed by atoms with Crippen molar-refractivity contribution in [2.75, 3.05) is 0 Å². The molecule has 0 atom stereocenters. The molecule has 0 spiro atoms. The summed E-state index contributed by atoms with van der Waals surface area (Å²) in [7, 11) is 0. The van der Waals surface area contributed by atoms with Crippen LogP contribution in [0.5, 0.6) is 0 Å². The minimum Gasteiger partial charge on any atom is -0.454 e. The molecule has 59 heavy (non-hydrogen) atoms. The van der Waals surface area contributed by atoms with Crippen molar-refractivity contribution in [3.8, 4) is 39.6 Å². The van der Waals surface area contributed by atoms with E-state index in [1.165, 1.54) is 51.5 Å². The highest BCUT2D eigenvalue weighted by molar-refractivity contribution is 7.26. The predicted octanol–water partition coefficient (Wildman–Crippen LogP) is 15.5. The van der Waals surface area contributed by atoms with Crippen molar-refractivity contribution in [2.45, 2.75) is 6.92 Å². The maximum atomic E-state index is 6.76. The fourth-order valence-electron chi connectivity index (χ4n) is 9.28. The van der Waals surface area contributed by atoms with Gasteiger partial charge in [-0.3, -0.25) is 4.57 Å². The van der Waals surface area contributed by atoms with Crippen LogP contribution in [0.2, 0.25) is 0 Å². The Morgan fingerprint density at radius 1 is 0.475 bits per heavy atom. The Hall–Kier alpha value is -7.12. The second-order valence-electron chi connectivity index (χ2n) is 15.3. The van der Waals surface area contributed by atoms with Gasteiger partial charge in [-0.15, -0.1) is 22.7 Å². The molecule has 0 aliphatic heterocycles. The van der Waals surface area contributed by atoms with Gasteiger partial charge in [-0.25, -0.2) is 9.97 Å². The maximum Gasteiger partial charge on any atom is 0.162 e. The summed E-state index contributed by atoms with van der Waals surface area (Å²) >= 11 is 3.65. The van der Waals surface area contributed by atoms with Crippen molar-refractivity contribution in [3.05, 3.63) is 175 Å². The molecule has 0 aliphatic carbocycles. The molecule has 0 radical (unpaired) electrons. The molecule has 0 fully saturated rings. The number of benzene rings is 8.